The summed E-state index contributed by atoms with van der Waals surface area (Å²) in [5.41, 5.74) is 6.85. The van der Waals surface area contributed by atoms with Crippen molar-refractivity contribution in [3.05, 3.63) is 66.7 Å². The largest absolute Gasteiger partial charge is 0.495 e. The Morgan fingerprint density at radius 3 is 2.06 bits per heavy atom. The minimum absolute atomic E-state index is 0.407. The molecule has 0 atom stereocenters. The van der Waals surface area contributed by atoms with Crippen LogP contribution < -0.4 is 5.46 Å². The Bertz CT molecular complexity index is 1570. The Balaban J connectivity index is 1.63. The quantitative estimate of drug-likeness (QED) is 0.279. The average Bonchev–Trinajstić information content (AvgIpc) is 3.37. The monoisotopic (exact) mass is 418 g/mol. The third kappa shape index (κ3) is 2.19. The van der Waals surface area contributed by atoms with Gasteiger partial charge in [0.15, 0.2) is 0 Å². The standard InChI is InChI=1S/C28H23BO3/c1-27(2)28(3,4)32-29(31-27)21-15-20-17-11-5-6-14-22(17)30-26(20)25-19-13-8-10-16-9-7-12-18(23(16)19)24(21)25/h5-15H,1-4H3. The van der Waals surface area contributed by atoms with Crippen LogP contribution in [0.2, 0.25) is 0 Å². The van der Waals surface area contributed by atoms with Crippen LogP contribution in [-0.2, 0) is 9.31 Å². The number of fused-ring (bicyclic) bond motifs is 7. The van der Waals surface area contributed by atoms with Crippen molar-refractivity contribution in [1.29, 1.82) is 0 Å². The van der Waals surface area contributed by atoms with Gasteiger partial charge in [-0.2, -0.15) is 0 Å². The summed E-state index contributed by atoms with van der Waals surface area (Å²) < 4.78 is 19.6. The fraction of sp³-hybridized carbons (Fsp3) is 0.214. The molecule has 0 amide bonds. The van der Waals surface area contributed by atoms with Crippen LogP contribution >= 0.6 is 0 Å². The van der Waals surface area contributed by atoms with Gasteiger partial charge < -0.3 is 13.7 Å². The SMILES string of the molecule is CC1(C)OB(c2cc3c(oc4ccccc43)c3c2-c2cccc4cccc-3c24)OC1(C)C. The molecule has 0 radical (unpaired) electrons. The number of para-hydroxylation sites is 1. The van der Waals surface area contributed by atoms with E-state index in [1.807, 2.05) is 12.1 Å². The molecule has 0 bridgehead atoms. The van der Waals surface area contributed by atoms with E-state index in [1.165, 1.54) is 27.5 Å². The molecule has 1 aromatic heterocycles. The Morgan fingerprint density at radius 2 is 1.34 bits per heavy atom. The summed E-state index contributed by atoms with van der Waals surface area (Å²) in [4.78, 5) is 0. The lowest BCUT2D eigenvalue weighted by Gasteiger charge is -2.32. The molecule has 2 aliphatic rings. The van der Waals surface area contributed by atoms with Gasteiger partial charge in [-0.15, -0.1) is 0 Å². The first-order valence-corrected chi connectivity index (χ1v) is 11.2. The van der Waals surface area contributed by atoms with Gasteiger partial charge in [0.2, 0.25) is 0 Å². The van der Waals surface area contributed by atoms with Gasteiger partial charge in [0.05, 0.1) is 11.2 Å². The van der Waals surface area contributed by atoms with Gasteiger partial charge in [0.1, 0.15) is 11.2 Å². The van der Waals surface area contributed by atoms with E-state index in [-0.39, 0.29) is 0 Å². The highest BCUT2D eigenvalue weighted by atomic mass is 16.7. The molecular weight excluding hydrogens is 395 g/mol. The molecule has 156 valence electrons. The van der Waals surface area contributed by atoms with E-state index in [1.54, 1.807) is 0 Å². The zero-order valence-corrected chi connectivity index (χ0v) is 18.7. The number of benzene rings is 4. The van der Waals surface area contributed by atoms with Crippen LogP contribution in [0, 0.1) is 0 Å². The van der Waals surface area contributed by atoms with Gasteiger partial charge in [0.25, 0.3) is 0 Å². The fourth-order valence-electron chi connectivity index (χ4n) is 5.34. The zero-order chi connectivity index (χ0) is 21.8. The highest BCUT2D eigenvalue weighted by Crippen LogP contribution is 2.51. The van der Waals surface area contributed by atoms with Gasteiger partial charge in [-0.05, 0) is 66.7 Å². The van der Waals surface area contributed by atoms with Crippen molar-refractivity contribution < 1.29 is 13.7 Å². The summed E-state index contributed by atoms with van der Waals surface area (Å²) in [7, 11) is -0.448. The Labute approximate surface area is 187 Å². The van der Waals surface area contributed by atoms with Crippen LogP contribution in [0.1, 0.15) is 27.7 Å². The summed E-state index contributed by atoms with van der Waals surface area (Å²) in [6.45, 7) is 8.42. The van der Waals surface area contributed by atoms with Crippen molar-refractivity contribution in [3.63, 3.8) is 0 Å². The maximum Gasteiger partial charge on any atom is 0.495 e. The van der Waals surface area contributed by atoms with E-state index in [0.717, 1.165) is 33.0 Å². The normalized spacial score (nSPS) is 18.2. The molecule has 3 nitrogen and oxygen atoms in total. The first-order chi connectivity index (χ1) is 15.4. The van der Waals surface area contributed by atoms with Crippen molar-refractivity contribution >= 4 is 45.3 Å². The zero-order valence-electron chi connectivity index (χ0n) is 18.7. The molecule has 32 heavy (non-hydrogen) atoms. The summed E-state index contributed by atoms with van der Waals surface area (Å²) in [5, 5.41) is 4.73. The number of rotatable bonds is 1. The minimum Gasteiger partial charge on any atom is -0.455 e. The highest BCUT2D eigenvalue weighted by molar-refractivity contribution is 6.65. The topological polar surface area (TPSA) is 31.6 Å². The molecule has 0 N–H and O–H groups in total. The van der Waals surface area contributed by atoms with Crippen LogP contribution in [0.3, 0.4) is 0 Å². The molecule has 0 saturated carbocycles. The molecular formula is C28H23BO3. The third-order valence-corrected chi connectivity index (χ3v) is 7.65. The molecule has 1 aliphatic carbocycles. The lowest BCUT2D eigenvalue weighted by atomic mass is 9.73. The lowest BCUT2D eigenvalue weighted by Crippen LogP contribution is -2.41. The second-order valence-corrected chi connectivity index (χ2v) is 9.99. The predicted molar refractivity (Wildman–Crippen MR) is 131 cm³/mol. The first kappa shape index (κ1) is 18.5. The first-order valence-electron chi connectivity index (χ1n) is 11.2. The van der Waals surface area contributed by atoms with E-state index >= 15 is 0 Å². The summed E-state index contributed by atoms with van der Waals surface area (Å²) in [5.74, 6) is 0. The Morgan fingerprint density at radius 1 is 0.688 bits per heavy atom. The molecule has 5 aromatic rings. The van der Waals surface area contributed by atoms with E-state index in [2.05, 4.69) is 82.3 Å². The van der Waals surface area contributed by atoms with Crippen molar-refractivity contribution in [2.45, 2.75) is 38.9 Å². The maximum atomic E-state index is 6.55. The molecule has 4 heteroatoms. The molecule has 2 heterocycles. The van der Waals surface area contributed by atoms with Crippen LogP contribution in [-0.4, -0.2) is 18.3 Å². The van der Waals surface area contributed by atoms with Gasteiger partial charge in [-0.3, -0.25) is 0 Å². The summed E-state index contributed by atoms with van der Waals surface area (Å²) in [6, 6.07) is 23.5. The summed E-state index contributed by atoms with van der Waals surface area (Å²) >= 11 is 0. The Hall–Kier alpha value is -3.08. The van der Waals surface area contributed by atoms with Crippen molar-refractivity contribution in [2.75, 3.05) is 0 Å². The van der Waals surface area contributed by atoms with Crippen LogP contribution in [0.5, 0.6) is 0 Å². The van der Waals surface area contributed by atoms with Gasteiger partial charge in [-0.1, -0.05) is 60.7 Å². The number of hydrogen-bond donors (Lipinski definition) is 0. The van der Waals surface area contributed by atoms with Crippen LogP contribution in [0.25, 0.3) is 55.0 Å². The van der Waals surface area contributed by atoms with Gasteiger partial charge in [-0.25, -0.2) is 0 Å². The second kappa shape index (κ2) is 5.83. The van der Waals surface area contributed by atoms with E-state index < -0.39 is 18.3 Å². The van der Waals surface area contributed by atoms with E-state index in [0.29, 0.717) is 0 Å². The average molecular weight is 418 g/mol. The fourth-order valence-corrected chi connectivity index (χ4v) is 5.34. The molecule has 4 aromatic carbocycles. The predicted octanol–water partition coefficient (Wildman–Crippen LogP) is 6.69. The summed E-state index contributed by atoms with van der Waals surface area (Å²) in [6.07, 6.45) is 0. The Kier molecular flexibility index (Phi) is 3.37. The molecule has 0 unspecified atom stereocenters. The second-order valence-electron chi connectivity index (χ2n) is 9.99. The molecule has 1 aliphatic heterocycles. The third-order valence-electron chi connectivity index (χ3n) is 7.65. The van der Waals surface area contributed by atoms with Gasteiger partial charge in [0, 0.05) is 16.3 Å². The van der Waals surface area contributed by atoms with Crippen LogP contribution in [0.15, 0.2) is 71.1 Å². The maximum absolute atomic E-state index is 6.55. The van der Waals surface area contributed by atoms with Crippen LogP contribution in [0.4, 0.5) is 0 Å². The van der Waals surface area contributed by atoms with Crippen molar-refractivity contribution in [3.8, 4) is 22.3 Å². The number of furan rings is 1. The van der Waals surface area contributed by atoms with Crippen molar-refractivity contribution in [2.24, 2.45) is 0 Å². The number of hydrogen-bond acceptors (Lipinski definition) is 3. The molecule has 1 saturated heterocycles. The van der Waals surface area contributed by atoms with Gasteiger partial charge >= 0.3 is 7.12 Å². The van der Waals surface area contributed by atoms with Crippen molar-refractivity contribution in [1.82, 2.24) is 0 Å². The molecule has 7 rings (SSSR count). The highest BCUT2D eigenvalue weighted by Gasteiger charge is 2.53. The molecule has 1 fully saturated rings. The lowest BCUT2D eigenvalue weighted by molar-refractivity contribution is 0.00578. The molecule has 0 spiro atoms. The van der Waals surface area contributed by atoms with E-state index in [4.69, 9.17) is 13.7 Å². The smallest absolute Gasteiger partial charge is 0.455 e. The minimum atomic E-state index is -0.448. The van der Waals surface area contributed by atoms with E-state index in [9.17, 15) is 0 Å².